The molecule has 0 radical (unpaired) electrons. The van der Waals surface area contributed by atoms with E-state index < -0.39 is 16.6 Å². The summed E-state index contributed by atoms with van der Waals surface area (Å²) in [6, 6.07) is 1.48. The lowest BCUT2D eigenvalue weighted by Crippen LogP contribution is -2.27. The van der Waals surface area contributed by atoms with Gasteiger partial charge in [0, 0.05) is 17.4 Å². The summed E-state index contributed by atoms with van der Waals surface area (Å²) >= 11 is 1.87. The number of pyridine rings is 1. The van der Waals surface area contributed by atoms with Crippen LogP contribution in [0.1, 0.15) is 36.0 Å². The molecule has 1 aromatic heterocycles. The predicted molar refractivity (Wildman–Crippen MR) is 81.0 cm³/mol. The second kappa shape index (κ2) is 6.75. The first-order chi connectivity index (χ1) is 10.0. The van der Waals surface area contributed by atoms with Gasteiger partial charge >= 0.3 is 11.7 Å². The Kier molecular flexibility index (Phi) is 5.00. The lowest BCUT2D eigenvalue weighted by atomic mass is 9.95. The number of nitrogens with zero attached hydrogens (tertiary/aromatic N) is 2. The molecule has 1 aliphatic carbocycles. The van der Waals surface area contributed by atoms with Crippen molar-refractivity contribution in [3.05, 3.63) is 27.9 Å². The summed E-state index contributed by atoms with van der Waals surface area (Å²) in [5.41, 5.74) is -0.825. The lowest BCUT2D eigenvalue weighted by Gasteiger charge is -2.28. The summed E-state index contributed by atoms with van der Waals surface area (Å²) < 4.78 is 0. The first kappa shape index (κ1) is 15.6. The number of aromatic nitrogens is 1. The molecule has 0 saturated heterocycles. The van der Waals surface area contributed by atoms with E-state index in [0.717, 1.165) is 31.9 Å². The van der Waals surface area contributed by atoms with Gasteiger partial charge in [-0.15, -0.1) is 0 Å². The van der Waals surface area contributed by atoms with E-state index >= 15 is 0 Å². The van der Waals surface area contributed by atoms with Gasteiger partial charge in [-0.1, -0.05) is 0 Å². The zero-order chi connectivity index (χ0) is 15.4. The molecule has 0 unspecified atom stereocenters. The Hall–Kier alpha value is -1.83. The van der Waals surface area contributed by atoms with E-state index in [0.29, 0.717) is 11.1 Å². The van der Waals surface area contributed by atoms with E-state index in [2.05, 4.69) is 16.6 Å². The van der Waals surface area contributed by atoms with Crippen LogP contribution in [0.4, 0.5) is 11.5 Å². The topological polar surface area (TPSA) is 105 Å². The Labute approximate surface area is 126 Å². The zero-order valence-electron chi connectivity index (χ0n) is 11.6. The quantitative estimate of drug-likeness (QED) is 0.636. The molecule has 0 bridgehead atoms. The molecule has 21 heavy (non-hydrogen) atoms. The molecule has 2 N–H and O–H groups in total. The third kappa shape index (κ3) is 3.84. The number of carbonyl (C=O) groups is 1. The van der Waals surface area contributed by atoms with E-state index in [1.165, 1.54) is 6.07 Å². The predicted octanol–water partition coefficient (Wildman–Crippen LogP) is 2.77. The summed E-state index contributed by atoms with van der Waals surface area (Å²) in [5.74, 6) is -0.941. The van der Waals surface area contributed by atoms with Crippen molar-refractivity contribution in [2.24, 2.45) is 0 Å². The summed E-state index contributed by atoms with van der Waals surface area (Å²) in [7, 11) is 0. The SMILES string of the molecule is CSC1CCC(Nc2cc(C(=O)O)c([N+](=O)[O-])cn2)CC1. The van der Waals surface area contributed by atoms with Crippen molar-refractivity contribution in [1.29, 1.82) is 0 Å². The number of carboxylic acid groups (broad SMARTS) is 1. The maximum atomic E-state index is 11.1. The van der Waals surface area contributed by atoms with Crippen LogP contribution in [0.2, 0.25) is 0 Å². The van der Waals surface area contributed by atoms with Crippen LogP contribution < -0.4 is 5.32 Å². The van der Waals surface area contributed by atoms with Crippen LogP contribution >= 0.6 is 11.8 Å². The summed E-state index contributed by atoms with van der Waals surface area (Å²) in [4.78, 5) is 25.1. The molecule has 114 valence electrons. The Morgan fingerprint density at radius 2 is 2.14 bits per heavy atom. The molecule has 1 saturated carbocycles. The number of hydrogen-bond donors (Lipinski definition) is 2. The van der Waals surface area contributed by atoms with Gasteiger partial charge in [0.15, 0.2) is 0 Å². The highest BCUT2D eigenvalue weighted by Crippen LogP contribution is 2.29. The van der Waals surface area contributed by atoms with E-state index in [9.17, 15) is 14.9 Å². The monoisotopic (exact) mass is 311 g/mol. The van der Waals surface area contributed by atoms with Gasteiger partial charge in [0.25, 0.3) is 0 Å². The largest absolute Gasteiger partial charge is 0.477 e. The Balaban J connectivity index is 2.09. The average Bonchev–Trinajstić information content (AvgIpc) is 2.47. The number of hydrogen-bond acceptors (Lipinski definition) is 6. The number of nitro groups is 1. The standard InChI is InChI=1S/C13H17N3O4S/c1-21-9-4-2-8(3-5-9)15-12-6-10(13(17)18)11(7-14-12)16(19)20/h6-9H,2-5H2,1H3,(H,14,15)(H,17,18). The van der Waals surface area contributed by atoms with Crippen molar-refractivity contribution in [1.82, 2.24) is 4.98 Å². The van der Waals surface area contributed by atoms with Crippen LogP contribution in [-0.2, 0) is 0 Å². The molecule has 0 aliphatic heterocycles. The first-order valence-electron chi connectivity index (χ1n) is 6.68. The highest BCUT2D eigenvalue weighted by molar-refractivity contribution is 7.99. The molecule has 7 nitrogen and oxygen atoms in total. The Bertz CT molecular complexity index is 544. The van der Waals surface area contributed by atoms with Crippen LogP contribution in [0, 0.1) is 10.1 Å². The van der Waals surface area contributed by atoms with E-state index in [1.807, 2.05) is 11.8 Å². The first-order valence-corrected chi connectivity index (χ1v) is 7.97. The van der Waals surface area contributed by atoms with Gasteiger partial charge in [0.2, 0.25) is 0 Å². The number of anilines is 1. The fourth-order valence-electron chi connectivity index (χ4n) is 2.50. The van der Waals surface area contributed by atoms with Gasteiger partial charge in [-0.25, -0.2) is 9.78 Å². The van der Waals surface area contributed by atoms with Crippen LogP contribution in [0.15, 0.2) is 12.3 Å². The number of carboxylic acids is 1. The van der Waals surface area contributed by atoms with Crippen molar-refractivity contribution in [2.45, 2.75) is 37.0 Å². The average molecular weight is 311 g/mol. The van der Waals surface area contributed by atoms with Gasteiger partial charge in [0.05, 0.1) is 4.92 Å². The molecule has 1 fully saturated rings. The maximum Gasteiger partial charge on any atom is 0.342 e. The number of rotatable bonds is 5. The number of thioether (sulfide) groups is 1. The number of aromatic carboxylic acids is 1. The molecule has 0 amide bonds. The molecule has 1 aliphatic rings. The van der Waals surface area contributed by atoms with Crippen molar-refractivity contribution in [3.63, 3.8) is 0 Å². The minimum absolute atomic E-state index is 0.240. The third-order valence-electron chi connectivity index (χ3n) is 3.67. The van der Waals surface area contributed by atoms with Crippen molar-refractivity contribution >= 4 is 29.2 Å². The molecule has 1 aromatic rings. The van der Waals surface area contributed by atoms with Gasteiger partial charge in [-0.05, 0) is 31.9 Å². The van der Waals surface area contributed by atoms with Crippen molar-refractivity contribution < 1.29 is 14.8 Å². The highest BCUT2D eigenvalue weighted by Gasteiger charge is 2.24. The van der Waals surface area contributed by atoms with E-state index in [-0.39, 0.29) is 11.6 Å². The minimum atomic E-state index is -1.32. The summed E-state index contributed by atoms with van der Waals surface area (Å²) in [6.07, 6.45) is 7.31. The third-order valence-corrected chi connectivity index (χ3v) is 4.81. The fourth-order valence-corrected chi connectivity index (χ4v) is 3.24. The molecule has 0 spiro atoms. The lowest BCUT2D eigenvalue weighted by molar-refractivity contribution is -0.385. The van der Waals surface area contributed by atoms with Crippen LogP contribution in [0.5, 0.6) is 0 Å². The smallest absolute Gasteiger partial charge is 0.342 e. The van der Waals surface area contributed by atoms with E-state index in [1.54, 1.807) is 0 Å². The van der Waals surface area contributed by atoms with Gasteiger partial charge < -0.3 is 10.4 Å². The highest BCUT2D eigenvalue weighted by atomic mass is 32.2. The van der Waals surface area contributed by atoms with Crippen LogP contribution in [0.25, 0.3) is 0 Å². The zero-order valence-corrected chi connectivity index (χ0v) is 12.4. The summed E-state index contributed by atoms with van der Waals surface area (Å²) in [6.45, 7) is 0. The van der Waals surface area contributed by atoms with E-state index in [4.69, 9.17) is 5.11 Å². The molecular formula is C13H17N3O4S. The van der Waals surface area contributed by atoms with Crippen LogP contribution in [-0.4, -0.2) is 38.5 Å². The second-order valence-electron chi connectivity index (χ2n) is 5.00. The van der Waals surface area contributed by atoms with Gasteiger partial charge in [0.1, 0.15) is 17.6 Å². The fraction of sp³-hybridized carbons (Fsp3) is 0.538. The van der Waals surface area contributed by atoms with Crippen LogP contribution in [0.3, 0.4) is 0 Å². The van der Waals surface area contributed by atoms with Gasteiger partial charge in [-0.2, -0.15) is 11.8 Å². The molecule has 0 atom stereocenters. The molecule has 1 heterocycles. The van der Waals surface area contributed by atoms with Crippen molar-refractivity contribution in [2.75, 3.05) is 11.6 Å². The van der Waals surface area contributed by atoms with Crippen molar-refractivity contribution in [3.8, 4) is 0 Å². The Morgan fingerprint density at radius 1 is 1.48 bits per heavy atom. The summed E-state index contributed by atoms with van der Waals surface area (Å²) in [5, 5.41) is 23.7. The molecule has 0 aromatic carbocycles. The second-order valence-corrected chi connectivity index (χ2v) is 6.14. The number of nitrogens with one attached hydrogen (secondary N) is 1. The normalized spacial score (nSPS) is 21.8. The Morgan fingerprint density at radius 3 is 2.67 bits per heavy atom. The van der Waals surface area contributed by atoms with Gasteiger partial charge in [-0.3, -0.25) is 10.1 Å². The molecule has 8 heteroatoms. The maximum absolute atomic E-state index is 11.1. The minimum Gasteiger partial charge on any atom is -0.477 e. The molecule has 2 rings (SSSR count). The molecular weight excluding hydrogens is 294 g/mol.